The highest BCUT2D eigenvalue weighted by molar-refractivity contribution is 7.47. The molecular weight excluding hydrogens is 1220 g/mol. The molecule has 7 atom stereocenters. The maximum Gasteiger partial charge on any atom is 0.472 e. The van der Waals surface area contributed by atoms with Crippen molar-refractivity contribution in [2.45, 2.75) is 388 Å². The van der Waals surface area contributed by atoms with Crippen LogP contribution in [-0.4, -0.2) is 96.7 Å². The number of aliphatic hydroxyl groups is 1. The van der Waals surface area contributed by atoms with Gasteiger partial charge in [0.2, 0.25) is 0 Å². The Morgan fingerprint density at radius 2 is 0.516 bits per heavy atom. The fourth-order valence-electron chi connectivity index (χ4n) is 11.1. The highest BCUT2D eigenvalue weighted by atomic mass is 31.2. The van der Waals surface area contributed by atoms with Crippen LogP contribution in [0, 0.1) is 23.7 Å². The Kier molecular flexibility index (Phi) is 62.2. The van der Waals surface area contributed by atoms with Gasteiger partial charge in [-0.25, -0.2) is 9.13 Å². The largest absolute Gasteiger partial charge is 0.472 e. The number of unbranched alkanes of at least 4 members (excludes halogenated alkanes) is 35. The number of carbonyl (C=O) groups is 4. The maximum atomic E-state index is 13.1. The average molecular weight is 1370 g/mol. The van der Waals surface area contributed by atoms with Crippen molar-refractivity contribution < 1.29 is 80.2 Å². The minimum Gasteiger partial charge on any atom is -0.462 e. The van der Waals surface area contributed by atoms with Crippen molar-refractivity contribution >= 4 is 39.5 Å². The van der Waals surface area contributed by atoms with Gasteiger partial charge in [0.15, 0.2) is 12.2 Å². The summed E-state index contributed by atoms with van der Waals surface area (Å²) in [5, 5.41) is 10.6. The van der Waals surface area contributed by atoms with Crippen LogP contribution in [0.1, 0.15) is 370 Å². The molecule has 0 aliphatic rings. The molecule has 552 valence electrons. The topological polar surface area (TPSA) is 237 Å². The molecule has 0 aromatic carbocycles. The highest BCUT2D eigenvalue weighted by Gasteiger charge is 2.30. The van der Waals surface area contributed by atoms with Gasteiger partial charge >= 0.3 is 39.5 Å². The monoisotopic (exact) mass is 1370 g/mol. The predicted molar refractivity (Wildman–Crippen MR) is 377 cm³/mol. The molecule has 0 aliphatic heterocycles. The normalized spacial score (nSPS) is 14.8. The van der Waals surface area contributed by atoms with Crippen molar-refractivity contribution in [2.24, 2.45) is 23.7 Å². The molecule has 0 fully saturated rings. The van der Waals surface area contributed by atoms with Gasteiger partial charge in [-0.3, -0.25) is 37.3 Å². The van der Waals surface area contributed by atoms with Crippen molar-refractivity contribution in [1.82, 2.24) is 0 Å². The molecule has 0 aromatic heterocycles. The van der Waals surface area contributed by atoms with E-state index in [9.17, 15) is 43.2 Å². The number of ether oxygens (including phenoxy) is 4. The number of hydrogen-bond donors (Lipinski definition) is 3. The minimum absolute atomic E-state index is 0.102. The van der Waals surface area contributed by atoms with E-state index in [4.69, 9.17) is 37.0 Å². The molecule has 19 heteroatoms. The summed E-state index contributed by atoms with van der Waals surface area (Å²) in [6, 6.07) is 0. The lowest BCUT2D eigenvalue weighted by Gasteiger charge is -2.21. The molecule has 3 N–H and O–H groups in total. The third-order valence-electron chi connectivity index (χ3n) is 17.8. The molecule has 17 nitrogen and oxygen atoms in total. The number of aliphatic hydroxyl groups excluding tert-OH is 1. The molecule has 0 saturated heterocycles. The summed E-state index contributed by atoms with van der Waals surface area (Å²) < 4.78 is 68.4. The first-order valence-corrected chi connectivity index (χ1v) is 41.3. The van der Waals surface area contributed by atoms with E-state index in [2.05, 4.69) is 55.4 Å². The van der Waals surface area contributed by atoms with E-state index in [0.717, 1.165) is 114 Å². The number of esters is 4. The van der Waals surface area contributed by atoms with Gasteiger partial charge in [0.1, 0.15) is 19.3 Å². The lowest BCUT2D eigenvalue weighted by molar-refractivity contribution is -0.161. The third-order valence-corrected chi connectivity index (χ3v) is 19.7. The summed E-state index contributed by atoms with van der Waals surface area (Å²) >= 11 is 0. The lowest BCUT2D eigenvalue weighted by atomic mass is 9.99. The SMILES string of the molecule is CCC(C)CCCCCCCCCCCCCCCCC(=O)O[C@H](COC(=O)CCCCCCCCCCCCCCC(C)C)COP(=O)(O)OCC(O)COP(=O)(O)OC[C@@H](COC(=O)CCCCCCCCCC(C)C)OC(=O)CCCCCCCCC(C)CC. The first-order valence-electron chi connectivity index (χ1n) is 38.3. The highest BCUT2D eigenvalue weighted by Crippen LogP contribution is 2.45. The van der Waals surface area contributed by atoms with E-state index in [1.807, 2.05) is 0 Å². The second-order valence-corrected chi connectivity index (χ2v) is 31.0. The van der Waals surface area contributed by atoms with Gasteiger partial charge in [0, 0.05) is 25.7 Å². The Balaban J connectivity index is 5.24. The van der Waals surface area contributed by atoms with E-state index in [0.29, 0.717) is 31.6 Å². The second-order valence-electron chi connectivity index (χ2n) is 28.1. The van der Waals surface area contributed by atoms with Crippen LogP contribution in [0.5, 0.6) is 0 Å². The van der Waals surface area contributed by atoms with Crippen LogP contribution in [0.2, 0.25) is 0 Å². The molecule has 0 heterocycles. The zero-order valence-electron chi connectivity index (χ0n) is 60.9. The van der Waals surface area contributed by atoms with E-state index in [1.165, 1.54) is 167 Å². The van der Waals surface area contributed by atoms with Crippen LogP contribution in [0.4, 0.5) is 0 Å². The van der Waals surface area contributed by atoms with Gasteiger partial charge in [-0.2, -0.15) is 0 Å². The van der Waals surface area contributed by atoms with E-state index in [1.54, 1.807) is 0 Å². The van der Waals surface area contributed by atoms with Crippen molar-refractivity contribution in [2.75, 3.05) is 39.6 Å². The van der Waals surface area contributed by atoms with Crippen LogP contribution in [0.3, 0.4) is 0 Å². The molecule has 0 spiro atoms. The quantitative estimate of drug-likeness (QED) is 0.0222. The summed E-state index contributed by atoms with van der Waals surface area (Å²) in [5.74, 6) is 0.926. The zero-order chi connectivity index (χ0) is 68.9. The summed E-state index contributed by atoms with van der Waals surface area (Å²) in [6.07, 6.45) is 47.3. The molecule has 93 heavy (non-hydrogen) atoms. The Morgan fingerprint density at radius 1 is 0.301 bits per heavy atom. The van der Waals surface area contributed by atoms with Gasteiger partial charge in [0.05, 0.1) is 26.4 Å². The number of carbonyl (C=O) groups excluding carboxylic acids is 4. The number of phosphoric ester groups is 2. The maximum absolute atomic E-state index is 13.1. The second kappa shape index (κ2) is 63.5. The number of hydrogen-bond acceptors (Lipinski definition) is 15. The first-order chi connectivity index (χ1) is 44.7. The van der Waals surface area contributed by atoms with Gasteiger partial charge in [0.25, 0.3) is 0 Å². The van der Waals surface area contributed by atoms with Gasteiger partial charge in [-0.05, 0) is 49.4 Å². The summed E-state index contributed by atoms with van der Waals surface area (Å²) in [7, 11) is -9.91. The molecular formula is C74H144O17P2. The van der Waals surface area contributed by atoms with Gasteiger partial charge < -0.3 is 33.8 Å². The Hall–Kier alpha value is -1.94. The van der Waals surface area contributed by atoms with Gasteiger partial charge in [-0.1, -0.05) is 319 Å². The van der Waals surface area contributed by atoms with Crippen molar-refractivity contribution in [3.05, 3.63) is 0 Å². The average Bonchev–Trinajstić information content (AvgIpc) is 1.72. The van der Waals surface area contributed by atoms with Crippen molar-refractivity contribution in [1.29, 1.82) is 0 Å². The van der Waals surface area contributed by atoms with Crippen LogP contribution >= 0.6 is 15.6 Å². The molecule has 0 amide bonds. The molecule has 0 aliphatic carbocycles. The predicted octanol–water partition coefficient (Wildman–Crippen LogP) is 21.3. The van der Waals surface area contributed by atoms with Gasteiger partial charge in [-0.15, -0.1) is 0 Å². The Morgan fingerprint density at radius 3 is 0.763 bits per heavy atom. The lowest BCUT2D eigenvalue weighted by Crippen LogP contribution is -2.30. The standard InChI is InChI=1S/C74H144O17P2/c1-9-66(7)52-44-36-28-22-18-13-11-12-14-20-24-30-40-48-56-73(78)90-69(60-84-71(76)54-46-38-29-23-19-16-15-17-21-26-34-42-50-64(3)4)62-88-92(80,81)86-58-68(75)59-87-93(82,83)89-63-70(91-74(79)57-49-41-33-32-37-45-53-67(8)10-2)61-85-72(77)55-47-39-31-25-27-35-43-51-65(5)6/h64-70,75H,9-63H2,1-8H3,(H,80,81)(H,82,83)/t66?,67?,68?,69-,70-/m1/s1. The Bertz CT molecular complexity index is 1840. The third kappa shape index (κ3) is 65.8. The minimum atomic E-state index is -4.96. The molecule has 0 bridgehead atoms. The fourth-order valence-corrected chi connectivity index (χ4v) is 12.7. The van der Waals surface area contributed by atoms with Crippen LogP contribution in [0.25, 0.3) is 0 Å². The van der Waals surface area contributed by atoms with Crippen LogP contribution in [-0.2, 0) is 65.4 Å². The van der Waals surface area contributed by atoms with Crippen molar-refractivity contribution in [3.8, 4) is 0 Å². The van der Waals surface area contributed by atoms with Crippen LogP contribution < -0.4 is 0 Å². The molecule has 0 rings (SSSR count). The smallest absolute Gasteiger partial charge is 0.462 e. The summed E-state index contributed by atoms with van der Waals surface area (Å²) in [6.45, 7) is 14.1. The zero-order valence-corrected chi connectivity index (χ0v) is 62.7. The van der Waals surface area contributed by atoms with E-state index >= 15 is 0 Å². The molecule has 0 aromatic rings. The van der Waals surface area contributed by atoms with Crippen LogP contribution in [0.15, 0.2) is 0 Å². The fraction of sp³-hybridized carbons (Fsp3) is 0.946. The summed E-state index contributed by atoms with van der Waals surface area (Å²) in [4.78, 5) is 72.7. The van der Waals surface area contributed by atoms with E-state index in [-0.39, 0.29) is 25.7 Å². The summed E-state index contributed by atoms with van der Waals surface area (Å²) in [5.41, 5.74) is 0. The molecule has 5 unspecified atom stereocenters. The Labute approximate surface area is 568 Å². The first kappa shape index (κ1) is 91.1. The number of phosphoric acid groups is 2. The van der Waals surface area contributed by atoms with Crippen molar-refractivity contribution in [3.63, 3.8) is 0 Å². The molecule has 0 saturated carbocycles. The number of rotatable bonds is 71. The van der Waals surface area contributed by atoms with E-state index < -0.39 is 97.5 Å². The molecule has 0 radical (unpaired) electrons.